The van der Waals surface area contributed by atoms with Crippen molar-refractivity contribution in [1.82, 2.24) is 0 Å². The van der Waals surface area contributed by atoms with Gasteiger partial charge in [0.15, 0.2) is 11.6 Å². The van der Waals surface area contributed by atoms with Gasteiger partial charge < -0.3 is 0 Å². The second-order valence-corrected chi connectivity index (χ2v) is 7.72. The third kappa shape index (κ3) is 3.43. The molecule has 0 bridgehead atoms. The molecule has 0 saturated carbocycles. The van der Waals surface area contributed by atoms with Crippen LogP contribution in [-0.4, -0.2) is 17.8 Å². The van der Waals surface area contributed by atoms with E-state index in [4.69, 9.17) is 46.4 Å². The minimum Gasteiger partial charge on any atom is -0.289 e. The zero-order chi connectivity index (χ0) is 20.7. The minimum atomic E-state index is -0.452. The summed E-state index contributed by atoms with van der Waals surface area (Å²) in [6, 6.07) is 14.2. The number of rotatable bonds is 3. The summed E-state index contributed by atoms with van der Waals surface area (Å²) in [7, 11) is 0. The molecule has 0 saturated heterocycles. The Morgan fingerprint density at radius 1 is 0.724 bits per heavy atom. The molecule has 1 N–H and O–H groups in total. The van der Waals surface area contributed by atoms with Crippen LogP contribution >= 0.6 is 46.4 Å². The lowest BCUT2D eigenvalue weighted by atomic mass is 9.83. The highest BCUT2D eigenvalue weighted by Gasteiger charge is 2.36. The molecular formula is C21H10Cl4N2O2. The molecule has 144 valence electrons. The number of benzene rings is 3. The average molecular weight is 464 g/mol. The molecule has 29 heavy (non-hydrogen) atoms. The first-order valence-electron chi connectivity index (χ1n) is 8.33. The summed E-state index contributed by atoms with van der Waals surface area (Å²) in [6.07, 6.45) is 1.55. The SMILES string of the molecule is O=C1c2ccc(C=NNc3ccccc3)cc2C(=O)c2c(Cl)c(Cl)c(Cl)c(Cl)c21. The van der Waals surface area contributed by atoms with E-state index >= 15 is 0 Å². The van der Waals surface area contributed by atoms with Crippen molar-refractivity contribution in [2.45, 2.75) is 0 Å². The lowest BCUT2D eigenvalue weighted by Gasteiger charge is -2.21. The van der Waals surface area contributed by atoms with Crippen LogP contribution in [0.4, 0.5) is 5.69 Å². The maximum atomic E-state index is 13.1. The maximum absolute atomic E-state index is 13.1. The smallest absolute Gasteiger partial charge is 0.196 e. The number of hydrogen-bond acceptors (Lipinski definition) is 4. The minimum absolute atomic E-state index is 0.0317. The van der Waals surface area contributed by atoms with Gasteiger partial charge in [-0.15, -0.1) is 0 Å². The van der Waals surface area contributed by atoms with E-state index in [1.165, 1.54) is 0 Å². The standard InChI is InChI=1S/C21H10Cl4N2O2/c22-16-14-15(17(23)19(25)18(16)24)21(29)13-8-10(6-7-12(13)20(14)28)9-26-27-11-4-2-1-3-5-11/h1-9,27H. The van der Waals surface area contributed by atoms with Crippen molar-refractivity contribution in [3.63, 3.8) is 0 Å². The monoisotopic (exact) mass is 462 g/mol. The van der Waals surface area contributed by atoms with Crippen LogP contribution in [0.5, 0.6) is 0 Å². The first kappa shape index (κ1) is 19.9. The lowest BCUT2D eigenvalue weighted by Crippen LogP contribution is -2.22. The van der Waals surface area contributed by atoms with E-state index in [9.17, 15) is 9.59 Å². The predicted molar refractivity (Wildman–Crippen MR) is 117 cm³/mol. The molecule has 3 aromatic carbocycles. The number of nitrogens with one attached hydrogen (secondary N) is 1. The number of anilines is 1. The van der Waals surface area contributed by atoms with Crippen molar-refractivity contribution in [3.05, 3.63) is 96.4 Å². The van der Waals surface area contributed by atoms with Gasteiger partial charge in [0.2, 0.25) is 0 Å². The summed E-state index contributed by atoms with van der Waals surface area (Å²) in [5.41, 5.74) is 4.66. The van der Waals surface area contributed by atoms with Gasteiger partial charge in [0.05, 0.1) is 43.1 Å². The summed E-state index contributed by atoms with van der Waals surface area (Å²) in [4.78, 5) is 26.0. The first-order chi connectivity index (χ1) is 13.9. The maximum Gasteiger partial charge on any atom is 0.196 e. The topological polar surface area (TPSA) is 58.5 Å². The number of carbonyl (C=O) groups excluding carboxylic acids is 2. The van der Waals surface area contributed by atoms with Crippen molar-refractivity contribution >= 4 is 69.9 Å². The number of ketones is 2. The highest BCUT2D eigenvalue weighted by atomic mass is 35.5. The van der Waals surface area contributed by atoms with E-state index < -0.39 is 11.6 Å². The Hall–Kier alpha value is -2.37. The van der Waals surface area contributed by atoms with Crippen molar-refractivity contribution < 1.29 is 9.59 Å². The number of hydrogen-bond donors (Lipinski definition) is 1. The molecule has 1 aliphatic carbocycles. The van der Waals surface area contributed by atoms with E-state index in [0.29, 0.717) is 5.56 Å². The zero-order valence-electron chi connectivity index (χ0n) is 14.5. The average Bonchev–Trinajstić information content (AvgIpc) is 2.74. The van der Waals surface area contributed by atoms with E-state index in [1.54, 1.807) is 24.4 Å². The fourth-order valence-corrected chi connectivity index (χ4v) is 4.07. The summed E-state index contributed by atoms with van der Waals surface area (Å²) in [5, 5.41) is 3.85. The second kappa shape index (κ2) is 7.81. The number of nitrogens with zero attached hydrogens (tertiary/aromatic N) is 1. The van der Waals surface area contributed by atoms with Crippen molar-refractivity contribution in [3.8, 4) is 0 Å². The van der Waals surface area contributed by atoms with Crippen LogP contribution < -0.4 is 5.43 Å². The molecule has 0 spiro atoms. The molecule has 0 atom stereocenters. The van der Waals surface area contributed by atoms with Crippen LogP contribution in [0, 0.1) is 0 Å². The summed E-state index contributed by atoms with van der Waals surface area (Å²) < 4.78 is 0. The normalized spacial score (nSPS) is 12.8. The van der Waals surface area contributed by atoms with Crippen molar-refractivity contribution in [2.75, 3.05) is 5.43 Å². The van der Waals surface area contributed by atoms with Gasteiger partial charge in [-0.2, -0.15) is 5.10 Å². The van der Waals surface area contributed by atoms with Crippen LogP contribution in [0.3, 0.4) is 0 Å². The highest BCUT2D eigenvalue weighted by molar-refractivity contribution is 6.55. The van der Waals surface area contributed by atoms with Crippen molar-refractivity contribution in [1.29, 1.82) is 0 Å². The molecule has 0 fully saturated rings. The van der Waals surface area contributed by atoms with Gasteiger partial charge in [0, 0.05) is 11.1 Å². The summed E-state index contributed by atoms with van der Waals surface area (Å²) >= 11 is 24.6. The number of para-hydroxylation sites is 1. The van der Waals surface area contributed by atoms with E-state index in [0.717, 1.165) is 5.69 Å². The number of carbonyl (C=O) groups is 2. The lowest BCUT2D eigenvalue weighted by molar-refractivity contribution is 0.0979. The van der Waals surface area contributed by atoms with Gasteiger partial charge in [-0.3, -0.25) is 15.0 Å². The van der Waals surface area contributed by atoms with E-state index in [2.05, 4.69) is 10.5 Å². The van der Waals surface area contributed by atoms with Crippen molar-refractivity contribution in [2.24, 2.45) is 5.10 Å². The van der Waals surface area contributed by atoms with Gasteiger partial charge in [0.25, 0.3) is 0 Å². The molecule has 0 amide bonds. The van der Waals surface area contributed by atoms with Gasteiger partial charge in [-0.25, -0.2) is 0 Å². The van der Waals surface area contributed by atoms with Gasteiger partial charge in [-0.05, 0) is 29.8 Å². The molecule has 3 aromatic rings. The third-order valence-corrected chi connectivity index (χ3v) is 6.24. The molecular weight excluding hydrogens is 454 g/mol. The molecule has 4 rings (SSSR count). The zero-order valence-corrected chi connectivity index (χ0v) is 17.5. The largest absolute Gasteiger partial charge is 0.289 e. The Morgan fingerprint density at radius 2 is 1.31 bits per heavy atom. The van der Waals surface area contributed by atoms with Crippen LogP contribution in [0.15, 0.2) is 53.6 Å². The fraction of sp³-hybridized carbons (Fsp3) is 0. The Balaban J connectivity index is 1.74. The van der Waals surface area contributed by atoms with E-state index in [-0.39, 0.29) is 42.3 Å². The summed E-state index contributed by atoms with van der Waals surface area (Å²) in [6.45, 7) is 0. The first-order valence-corrected chi connectivity index (χ1v) is 9.85. The van der Waals surface area contributed by atoms with Crippen LogP contribution in [0.25, 0.3) is 0 Å². The highest BCUT2D eigenvalue weighted by Crippen LogP contribution is 2.45. The fourth-order valence-electron chi connectivity index (χ4n) is 3.05. The van der Waals surface area contributed by atoms with Gasteiger partial charge in [-0.1, -0.05) is 70.7 Å². The Morgan fingerprint density at radius 3 is 1.93 bits per heavy atom. The molecule has 0 radical (unpaired) electrons. The Labute approximate surface area is 186 Å². The van der Waals surface area contributed by atoms with Crippen LogP contribution in [0.2, 0.25) is 20.1 Å². The van der Waals surface area contributed by atoms with E-state index in [1.807, 2.05) is 30.3 Å². The van der Waals surface area contributed by atoms with Crippen LogP contribution in [0.1, 0.15) is 37.4 Å². The third-order valence-electron chi connectivity index (χ3n) is 4.44. The second-order valence-electron chi connectivity index (χ2n) is 6.21. The molecule has 0 unspecified atom stereocenters. The quantitative estimate of drug-likeness (QED) is 0.163. The summed E-state index contributed by atoms with van der Waals surface area (Å²) in [5.74, 6) is -0.891. The Bertz CT molecular complexity index is 1210. The van der Waals surface area contributed by atoms with Crippen LogP contribution in [-0.2, 0) is 0 Å². The number of halogens is 4. The number of fused-ring (bicyclic) bond motifs is 2. The van der Waals surface area contributed by atoms with Gasteiger partial charge >= 0.3 is 0 Å². The molecule has 8 heteroatoms. The predicted octanol–water partition coefficient (Wildman–Crippen LogP) is 6.52. The Kier molecular flexibility index (Phi) is 5.36. The molecule has 1 aliphatic rings. The molecule has 0 heterocycles. The van der Waals surface area contributed by atoms with Gasteiger partial charge in [0.1, 0.15) is 0 Å². The molecule has 4 nitrogen and oxygen atoms in total. The molecule has 0 aromatic heterocycles. The number of hydrazone groups is 1. The molecule has 0 aliphatic heterocycles.